The lowest BCUT2D eigenvalue weighted by Gasteiger charge is -2.31. The Kier molecular flexibility index (Phi) is 2.44. The molecule has 0 aromatic heterocycles. The first kappa shape index (κ1) is 9.13. The number of fused-ring (bicyclic) bond motifs is 1. The second-order valence-corrected chi connectivity index (χ2v) is 3.77. The van der Waals surface area contributed by atoms with Crippen LogP contribution in [0.2, 0.25) is 0 Å². The maximum absolute atomic E-state index is 3.82. The summed E-state index contributed by atoms with van der Waals surface area (Å²) in [6.45, 7) is 6.97. The van der Waals surface area contributed by atoms with Crippen molar-refractivity contribution < 1.29 is 0 Å². The van der Waals surface area contributed by atoms with Gasteiger partial charge in [0.1, 0.15) is 0 Å². The number of hydrogen-bond donors (Lipinski definition) is 2. The molecule has 2 atom stereocenters. The zero-order chi connectivity index (χ0) is 9.97. The van der Waals surface area contributed by atoms with Gasteiger partial charge in [0.25, 0.3) is 0 Å². The van der Waals surface area contributed by atoms with Crippen LogP contribution in [0.5, 0.6) is 0 Å². The second-order valence-electron chi connectivity index (χ2n) is 3.77. The van der Waals surface area contributed by atoms with Gasteiger partial charge in [0.15, 0.2) is 0 Å². The first-order valence-corrected chi connectivity index (χ1v) is 5.03. The van der Waals surface area contributed by atoms with Gasteiger partial charge in [-0.25, -0.2) is 0 Å². The molecular formula is C12H16N2. The Morgan fingerprint density at radius 2 is 2.14 bits per heavy atom. The molecule has 0 spiro atoms. The molecule has 0 radical (unpaired) electrons. The van der Waals surface area contributed by atoms with E-state index in [4.69, 9.17) is 0 Å². The molecule has 2 heteroatoms. The number of benzene rings is 1. The van der Waals surface area contributed by atoms with E-state index < -0.39 is 0 Å². The minimum absolute atomic E-state index is 0.447. The van der Waals surface area contributed by atoms with Gasteiger partial charge in [-0.1, -0.05) is 25.1 Å². The molecule has 14 heavy (non-hydrogen) atoms. The summed E-state index contributed by atoms with van der Waals surface area (Å²) in [7, 11) is 0. The summed E-state index contributed by atoms with van der Waals surface area (Å²) in [5.41, 5.74) is 2.39. The number of nitrogens with one attached hydrogen (secondary N) is 2. The Morgan fingerprint density at radius 1 is 1.43 bits per heavy atom. The van der Waals surface area contributed by atoms with Crippen molar-refractivity contribution in [3.63, 3.8) is 0 Å². The lowest BCUT2D eigenvalue weighted by molar-refractivity contribution is 0.589. The molecule has 0 unspecified atom stereocenters. The van der Waals surface area contributed by atoms with Crippen LogP contribution in [0.4, 0.5) is 11.4 Å². The van der Waals surface area contributed by atoms with Crippen LogP contribution in [0.25, 0.3) is 0 Å². The predicted molar refractivity (Wildman–Crippen MR) is 61.7 cm³/mol. The first-order chi connectivity index (χ1) is 6.81. The lowest BCUT2D eigenvalue weighted by atomic mass is 9.99. The summed E-state index contributed by atoms with van der Waals surface area (Å²) in [4.78, 5) is 0. The summed E-state index contributed by atoms with van der Waals surface area (Å²) in [6, 6.07) is 8.74. The first-order valence-electron chi connectivity index (χ1n) is 5.03. The molecule has 1 aliphatic rings. The van der Waals surface area contributed by atoms with E-state index in [9.17, 15) is 0 Å². The predicted octanol–water partition coefficient (Wildman–Crippen LogP) is 2.71. The Morgan fingerprint density at radius 3 is 2.86 bits per heavy atom. The molecule has 0 aliphatic carbocycles. The van der Waals surface area contributed by atoms with E-state index in [1.807, 2.05) is 12.1 Å². The van der Waals surface area contributed by atoms with E-state index in [1.165, 1.54) is 11.4 Å². The maximum Gasteiger partial charge on any atom is 0.0578 e. The van der Waals surface area contributed by atoms with Gasteiger partial charge in [-0.2, -0.15) is 0 Å². The monoisotopic (exact) mass is 188 g/mol. The molecule has 74 valence electrons. The topological polar surface area (TPSA) is 24.1 Å². The van der Waals surface area contributed by atoms with Gasteiger partial charge in [0, 0.05) is 12.6 Å². The lowest BCUT2D eigenvalue weighted by Crippen LogP contribution is -2.37. The highest BCUT2D eigenvalue weighted by Crippen LogP contribution is 2.27. The highest BCUT2D eigenvalue weighted by molar-refractivity contribution is 5.71. The van der Waals surface area contributed by atoms with E-state index in [1.54, 1.807) is 0 Å². The summed E-state index contributed by atoms with van der Waals surface area (Å²) in [5.74, 6) is 0.482. The number of hydrogen-bond acceptors (Lipinski definition) is 2. The van der Waals surface area contributed by atoms with Crippen molar-refractivity contribution in [2.75, 3.05) is 17.2 Å². The SMILES string of the molecule is C=C[C@H](C)[C@H]1CNc2ccccc2N1. The minimum Gasteiger partial charge on any atom is -0.381 e. The van der Waals surface area contributed by atoms with E-state index in [0.717, 1.165) is 6.54 Å². The maximum atomic E-state index is 3.82. The Balaban J connectivity index is 2.17. The van der Waals surface area contributed by atoms with Gasteiger partial charge < -0.3 is 10.6 Å². The smallest absolute Gasteiger partial charge is 0.0578 e. The minimum atomic E-state index is 0.447. The van der Waals surface area contributed by atoms with E-state index in [0.29, 0.717) is 12.0 Å². The summed E-state index contributed by atoms with van der Waals surface area (Å²) in [6.07, 6.45) is 1.99. The van der Waals surface area contributed by atoms with Gasteiger partial charge in [0.2, 0.25) is 0 Å². The van der Waals surface area contributed by atoms with Gasteiger partial charge in [-0.05, 0) is 18.1 Å². The van der Waals surface area contributed by atoms with Crippen molar-refractivity contribution in [2.24, 2.45) is 5.92 Å². The van der Waals surface area contributed by atoms with Crippen molar-refractivity contribution in [3.8, 4) is 0 Å². The van der Waals surface area contributed by atoms with Crippen LogP contribution in [-0.2, 0) is 0 Å². The van der Waals surface area contributed by atoms with Crippen LogP contribution in [0.15, 0.2) is 36.9 Å². The zero-order valence-electron chi connectivity index (χ0n) is 8.46. The number of rotatable bonds is 2. The Labute approximate surface area is 85.0 Å². The largest absolute Gasteiger partial charge is 0.381 e. The Hall–Kier alpha value is -1.44. The van der Waals surface area contributed by atoms with Gasteiger partial charge in [-0.15, -0.1) is 6.58 Å². The van der Waals surface area contributed by atoms with Crippen molar-refractivity contribution in [2.45, 2.75) is 13.0 Å². The number of anilines is 2. The molecule has 1 aromatic carbocycles. The van der Waals surface area contributed by atoms with Crippen LogP contribution < -0.4 is 10.6 Å². The molecule has 2 N–H and O–H groups in total. The molecule has 0 bridgehead atoms. The quantitative estimate of drug-likeness (QED) is 0.697. The van der Waals surface area contributed by atoms with Crippen molar-refractivity contribution >= 4 is 11.4 Å². The Bertz CT molecular complexity index is 333. The average molecular weight is 188 g/mol. The van der Waals surface area contributed by atoms with Gasteiger partial charge in [0.05, 0.1) is 11.4 Å². The zero-order valence-corrected chi connectivity index (χ0v) is 8.46. The molecule has 2 rings (SSSR count). The third kappa shape index (κ3) is 1.60. The van der Waals surface area contributed by atoms with E-state index in [2.05, 4.69) is 42.3 Å². The normalized spacial score (nSPS) is 21.4. The fraction of sp³-hybridized carbons (Fsp3) is 0.333. The highest BCUT2D eigenvalue weighted by atomic mass is 15.1. The summed E-state index contributed by atoms with van der Waals surface area (Å²) < 4.78 is 0. The van der Waals surface area contributed by atoms with Crippen LogP contribution in [0.3, 0.4) is 0 Å². The third-order valence-electron chi connectivity index (χ3n) is 2.79. The van der Waals surface area contributed by atoms with Crippen molar-refractivity contribution in [1.29, 1.82) is 0 Å². The number of para-hydroxylation sites is 2. The van der Waals surface area contributed by atoms with Gasteiger partial charge in [-0.3, -0.25) is 0 Å². The molecule has 0 amide bonds. The molecule has 0 saturated heterocycles. The summed E-state index contributed by atoms with van der Waals surface area (Å²) in [5, 5.41) is 6.93. The highest BCUT2D eigenvalue weighted by Gasteiger charge is 2.19. The molecule has 1 aromatic rings. The third-order valence-corrected chi connectivity index (χ3v) is 2.79. The second kappa shape index (κ2) is 3.74. The average Bonchev–Trinajstić information content (AvgIpc) is 2.27. The van der Waals surface area contributed by atoms with E-state index in [-0.39, 0.29) is 0 Å². The summed E-state index contributed by atoms with van der Waals surface area (Å²) >= 11 is 0. The van der Waals surface area contributed by atoms with Crippen molar-refractivity contribution in [3.05, 3.63) is 36.9 Å². The van der Waals surface area contributed by atoms with Crippen molar-refractivity contribution in [1.82, 2.24) is 0 Å². The van der Waals surface area contributed by atoms with Crippen LogP contribution in [-0.4, -0.2) is 12.6 Å². The molecule has 0 fully saturated rings. The fourth-order valence-corrected chi connectivity index (χ4v) is 1.72. The standard InChI is InChI=1S/C12H16N2/c1-3-9(2)12-8-13-10-6-4-5-7-11(10)14-12/h3-7,9,12-14H,1,8H2,2H3/t9-,12+/m0/s1. The van der Waals surface area contributed by atoms with Gasteiger partial charge >= 0.3 is 0 Å². The van der Waals surface area contributed by atoms with E-state index >= 15 is 0 Å². The molecular weight excluding hydrogens is 172 g/mol. The molecule has 2 nitrogen and oxygen atoms in total. The molecule has 0 saturated carbocycles. The fourth-order valence-electron chi connectivity index (χ4n) is 1.72. The molecule has 1 aliphatic heterocycles. The van der Waals surface area contributed by atoms with Crippen LogP contribution in [0.1, 0.15) is 6.92 Å². The molecule has 1 heterocycles. The van der Waals surface area contributed by atoms with Crippen LogP contribution >= 0.6 is 0 Å². The van der Waals surface area contributed by atoms with Crippen LogP contribution in [0, 0.1) is 5.92 Å².